The summed E-state index contributed by atoms with van der Waals surface area (Å²) in [5.41, 5.74) is 1.55. The maximum atomic E-state index is 15.6. The summed E-state index contributed by atoms with van der Waals surface area (Å²) in [4.78, 5) is 12.0. The van der Waals surface area contributed by atoms with Gasteiger partial charge in [-0.25, -0.2) is 4.39 Å². The van der Waals surface area contributed by atoms with Crippen molar-refractivity contribution in [2.45, 2.75) is 24.9 Å². The number of nitrogens with zero attached hydrogens (tertiary/aromatic N) is 1. The van der Waals surface area contributed by atoms with Crippen LogP contribution < -0.4 is 4.74 Å². The minimum atomic E-state index is -0.704. The van der Waals surface area contributed by atoms with Crippen molar-refractivity contribution in [3.05, 3.63) is 87.2 Å². The van der Waals surface area contributed by atoms with Crippen molar-refractivity contribution in [3.63, 3.8) is 0 Å². The first-order valence-corrected chi connectivity index (χ1v) is 11.3. The molecule has 1 unspecified atom stereocenters. The number of nitriles is 1. The standard InChI is InChI=1S/C26H20Cl2FNO3/c27-22-12-23(28)20(11-19(22)21(14-31)16-5-2-1-3-6-16)25-17(13-30)8-9-24(26(25)29)33-15-18-7-4-10-32-18/h1-3,5-6,8-9,11-12,14,18,21H,4,7,10,15H2/t18-,21?/m0/s1. The minimum Gasteiger partial charge on any atom is -0.488 e. The van der Waals surface area contributed by atoms with Gasteiger partial charge in [-0.05, 0) is 48.2 Å². The van der Waals surface area contributed by atoms with Crippen LogP contribution in [0.4, 0.5) is 4.39 Å². The lowest BCUT2D eigenvalue weighted by Gasteiger charge is -2.18. The van der Waals surface area contributed by atoms with E-state index >= 15 is 4.39 Å². The molecular formula is C26H20Cl2FNO3. The molecule has 1 saturated heterocycles. The summed E-state index contributed by atoms with van der Waals surface area (Å²) < 4.78 is 26.8. The second-order valence-electron chi connectivity index (χ2n) is 7.74. The molecule has 0 aromatic heterocycles. The van der Waals surface area contributed by atoms with Crippen molar-refractivity contribution < 1.29 is 18.7 Å². The van der Waals surface area contributed by atoms with E-state index in [1.807, 2.05) is 36.4 Å². The molecule has 0 radical (unpaired) electrons. The molecule has 0 bridgehead atoms. The number of aldehydes is 1. The number of hydrogen-bond donors (Lipinski definition) is 0. The third-order valence-electron chi connectivity index (χ3n) is 5.66. The van der Waals surface area contributed by atoms with E-state index in [0.717, 1.165) is 24.7 Å². The van der Waals surface area contributed by atoms with Gasteiger partial charge < -0.3 is 14.3 Å². The molecule has 2 atom stereocenters. The highest BCUT2D eigenvalue weighted by atomic mass is 35.5. The Hall–Kier alpha value is -2.91. The van der Waals surface area contributed by atoms with Crippen molar-refractivity contribution in [1.29, 1.82) is 5.26 Å². The Bertz CT molecular complexity index is 1200. The van der Waals surface area contributed by atoms with Crippen LogP contribution in [0.1, 0.15) is 35.4 Å². The summed E-state index contributed by atoms with van der Waals surface area (Å²) in [5.74, 6) is -1.38. The summed E-state index contributed by atoms with van der Waals surface area (Å²) in [6.45, 7) is 0.876. The van der Waals surface area contributed by atoms with Gasteiger partial charge in [0.25, 0.3) is 0 Å². The zero-order valence-corrected chi connectivity index (χ0v) is 19.1. The number of carbonyl (C=O) groups excluding carboxylic acids is 1. The molecule has 0 amide bonds. The molecule has 0 spiro atoms. The maximum absolute atomic E-state index is 15.6. The number of carbonyl (C=O) groups is 1. The fourth-order valence-electron chi connectivity index (χ4n) is 3.97. The van der Waals surface area contributed by atoms with Gasteiger partial charge in [-0.2, -0.15) is 5.26 Å². The summed E-state index contributed by atoms with van der Waals surface area (Å²) >= 11 is 12.9. The van der Waals surface area contributed by atoms with Gasteiger partial charge in [0, 0.05) is 22.8 Å². The van der Waals surface area contributed by atoms with E-state index in [1.54, 1.807) is 6.07 Å². The van der Waals surface area contributed by atoms with Gasteiger partial charge in [0.2, 0.25) is 0 Å². The van der Waals surface area contributed by atoms with Crippen LogP contribution >= 0.6 is 23.2 Å². The van der Waals surface area contributed by atoms with Crippen molar-refractivity contribution in [3.8, 4) is 22.9 Å². The van der Waals surface area contributed by atoms with Gasteiger partial charge in [0.05, 0.1) is 28.7 Å². The molecule has 0 N–H and O–H groups in total. The summed E-state index contributed by atoms with van der Waals surface area (Å²) in [6, 6.07) is 17.1. The Labute approximate surface area is 201 Å². The average Bonchev–Trinajstić information content (AvgIpc) is 3.35. The SMILES string of the molecule is N#Cc1ccc(OC[C@@H]2CCCO2)c(F)c1-c1cc(C(C=O)c2ccccc2)c(Cl)cc1Cl. The van der Waals surface area contributed by atoms with Crippen molar-refractivity contribution >= 4 is 29.5 Å². The lowest BCUT2D eigenvalue weighted by Crippen LogP contribution is -2.17. The molecule has 7 heteroatoms. The molecule has 168 valence electrons. The average molecular weight is 484 g/mol. The smallest absolute Gasteiger partial charge is 0.174 e. The van der Waals surface area contributed by atoms with E-state index in [2.05, 4.69) is 0 Å². The van der Waals surface area contributed by atoms with E-state index in [9.17, 15) is 10.1 Å². The molecule has 3 aromatic rings. The van der Waals surface area contributed by atoms with Crippen LogP contribution in [-0.2, 0) is 9.53 Å². The van der Waals surface area contributed by atoms with Crippen LogP contribution in [0.15, 0.2) is 54.6 Å². The maximum Gasteiger partial charge on any atom is 0.174 e. The van der Waals surface area contributed by atoms with Crippen molar-refractivity contribution in [2.75, 3.05) is 13.2 Å². The number of benzene rings is 3. The molecule has 0 aliphatic carbocycles. The predicted molar refractivity (Wildman–Crippen MR) is 125 cm³/mol. The van der Waals surface area contributed by atoms with Crippen LogP contribution in [0.2, 0.25) is 10.0 Å². The molecule has 1 aliphatic heterocycles. The van der Waals surface area contributed by atoms with Crippen molar-refractivity contribution in [1.82, 2.24) is 0 Å². The van der Waals surface area contributed by atoms with Gasteiger partial charge in [-0.15, -0.1) is 0 Å². The third kappa shape index (κ3) is 4.89. The normalized spacial score (nSPS) is 16.2. The fraction of sp³-hybridized carbons (Fsp3) is 0.231. The Morgan fingerprint density at radius 1 is 1.18 bits per heavy atom. The lowest BCUT2D eigenvalue weighted by atomic mass is 9.89. The molecule has 33 heavy (non-hydrogen) atoms. The van der Waals surface area contributed by atoms with Gasteiger partial charge >= 0.3 is 0 Å². The first kappa shape index (κ1) is 23.3. The molecule has 4 nitrogen and oxygen atoms in total. The summed E-state index contributed by atoms with van der Waals surface area (Å²) in [7, 11) is 0. The quantitative estimate of drug-likeness (QED) is 0.357. The fourth-order valence-corrected chi connectivity index (χ4v) is 4.57. The Kier molecular flexibility index (Phi) is 7.29. The van der Waals surface area contributed by atoms with Gasteiger partial charge in [0.1, 0.15) is 12.9 Å². The highest BCUT2D eigenvalue weighted by Gasteiger charge is 2.24. The Balaban J connectivity index is 1.79. The molecule has 1 heterocycles. The highest BCUT2D eigenvalue weighted by Crippen LogP contribution is 2.41. The molecular weight excluding hydrogens is 464 g/mol. The zero-order valence-electron chi connectivity index (χ0n) is 17.6. The second-order valence-corrected chi connectivity index (χ2v) is 8.55. The number of halogens is 3. The lowest BCUT2D eigenvalue weighted by molar-refractivity contribution is -0.108. The van der Waals surface area contributed by atoms with Gasteiger partial charge in [-0.1, -0.05) is 53.5 Å². The Morgan fingerprint density at radius 3 is 2.64 bits per heavy atom. The predicted octanol–water partition coefficient (Wildman–Crippen LogP) is 6.56. The summed E-state index contributed by atoms with van der Waals surface area (Å²) in [6.07, 6.45) is 2.48. The first-order valence-electron chi connectivity index (χ1n) is 10.5. The molecule has 0 saturated carbocycles. The van der Waals surface area contributed by atoms with Gasteiger partial charge in [-0.3, -0.25) is 0 Å². The molecule has 1 fully saturated rings. The van der Waals surface area contributed by atoms with E-state index in [1.165, 1.54) is 18.2 Å². The first-order chi connectivity index (χ1) is 16.0. The van der Waals surface area contributed by atoms with E-state index in [-0.39, 0.29) is 45.2 Å². The number of hydrogen-bond acceptors (Lipinski definition) is 4. The van der Waals surface area contributed by atoms with Crippen LogP contribution in [-0.4, -0.2) is 25.6 Å². The summed E-state index contributed by atoms with van der Waals surface area (Å²) in [5, 5.41) is 10.1. The second kappa shape index (κ2) is 10.4. The minimum absolute atomic E-state index is 0.00191. The molecule has 4 rings (SSSR count). The van der Waals surface area contributed by atoms with Crippen LogP contribution in [0.25, 0.3) is 11.1 Å². The van der Waals surface area contributed by atoms with E-state index in [4.69, 9.17) is 32.7 Å². The highest BCUT2D eigenvalue weighted by molar-refractivity contribution is 6.37. The Morgan fingerprint density at radius 2 is 1.97 bits per heavy atom. The topological polar surface area (TPSA) is 59.3 Å². The van der Waals surface area contributed by atoms with Crippen LogP contribution in [0.3, 0.4) is 0 Å². The van der Waals surface area contributed by atoms with E-state index < -0.39 is 11.7 Å². The van der Waals surface area contributed by atoms with Crippen molar-refractivity contribution in [2.24, 2.45) is 0 Å². The van der Waals surface area contributed by atoms with Crippen LogP contribution in [0, 0.1) is 17.1 Å². The number of rotatable bonds is 7. The largest absolute Gasteiger partial charge is 0.488 e. The molecule has 3 aromatic carbocycles. The van der Waals surface area contributed by atoms with Gasteiger partial charge in [0.15, 0.2) is 11.6 Å². The number of ether oxygens (including phenoxy) is 2. The zero-order chi connectivity index (χ0) is 23.4. The monoisotopic (exact) mass is 483 g/mol. The third-order valence-corrected chi connectivity index (χ3v) is 6.30. The van der Waals surface area contributed by atoms with E-state index in [0.29, 0.717) is 12.2 Å². The molecule has 1 aliphatic rings. The van der Waals surface area contributed by atoms with Crippen LogP contribution in [0.5, 0.6) is 5.75 Å².